The van der Waals surface area contributed by atoms with Crippen molar-refractivity contribution in [3.63, 3.8) is 0 Å². The third-order valence-corrected chi connectivity index (χ3v) is 3.78. The van der Waals surface area contributed by atoms with Gasteiger partial charge in [-0.25, -0.2) is 4.98 Å². The average molecular weight is 325 g/mol. The minimum Gasteiger partial charge on any atom is -0.355 e. The van der Waals surface area contributed by atoms with Crippen molar-refractivity contribution in [2.45, 2.75) is 13.3 Å². The highest BCUT2D eigenvalue weighted by Gasteiger charge is 2.23. The molecule has 1 N–H and O–H groups in total. The van der Waals surface area contributed by atoms with Crippen LogP contribution < -0.4 is 5.32 Å². The Hall–Kier alpha value is -1.66. The van der Waals surface area contributed by atoms with E-state index in [0.29, 0.717) is 50.0 Å². The smallest absolute Gasteiger partial charge is 0.254 e. The summed E-state index contributed by atoms with van der Waals surface area (Å²) in [4.78, 5) is 31.8. The fourth-order valence-corrected chi connectivity index (χ4v) is 2.52. The monoisotopic (exact) mass is 324 g/mol. The summed E-state index contributed by atoms with van der Waals surface area (Å²) in [5.74, 6) is 0.00178. The molecule has 2 rings (SSSR count). The van der Waals surface area contributed by atoms with Crippen molar-refractivity contribution in [1.82, 2.24) is 20.1 Å². The Morgan fingerprint density at radius 1 is 1.32 bits per heavy atom. The van der Waals surface area contributed by atoms with Crippen LogP contribution in [0.25, 0.3) is 0 Å². The molecule has 1 aliphatic heterocycles. The molecule has 0 saturated carbocycles. The van der Waals surface area contributed by atoms with Gasteiger partial charge in [0.05, 0.1) is 6.54 Å². The lowest BCUT2D eigenvalue weighted by Gasteiger charge is -2.34. The predicted octanol–water partition coefficient (Wildman–Crippen LogP) is 1.02. The van der Waals surface area contributed by atoms with Crippen LogP contribution in [0.15, 0.2) is 18.3 Å². The number of carbonyl (C=O) groups excluding carboxylic acids is 2. The van der Waals surface area contributed by atoms with E-state index in [1.165, 1.54) is 6.20 Å². The molecular formula is C15H21ClN4O2. The predicted molar refractivity (Wildman–Crippen MR) is 84.9 cm³/mol. The summed E-state index contributed by atoms with van der Waals surface area (Å²) < 4.78 is 0. The molecule has 6 nitrogen and oxygen atoms in total. The van der Waals surface area contributed by atoms with Gasteiger partial charge in [0.15, 0.2) is 0 Å². The summed E-state index contributed by atoms with van der Waals surface area (Å²) in [5.41, 5.74) is 0.550. The number of amides is 2. The quantitative estimate of drug-likeness (QED) is 0.821. The van der Waals surface area contributed by atoms with Crippen LogP contribution in [0, 0.1) is 0 Å². The molecule has 2 heterocycles. The lowest BCUT2D eigenvalue weighted by atomic mass is 10.2. The summed E-state index contributed by atoms with van der Waals surface area (Å²) in [7, 11) is 0. The molecule has 120 valence electrons. The number of pyridine rings is 1. The van der Waals surface area contributed by atoms with Crippen molar-refractivity contribution >= 4 is 23.4 Å². The molecule has 0 aliphatic carbocycles. The van der Waals surface area contributed by atoms with Crippen molar-refractivity contribution < 1.29 is 9.59 Å². The van der Waals surface area contributed by atoms with E-state index in [1.54, 1.807) is 17.0 Å². The number of halogens is 1. The summed E-state index contributed by atoms with van der Waals surface area (Å²) in [5, 5.41) is 3.18. The van der Waals surface area contributed by atoms with E-state index in [1.807, 2.05) is 6.92 Å². The van der Waals surface area contributed by atoms with E-state index in [-0.39, 0.29) is 11.8 Å². The molecule has 1 aliphatic rings. The average Bonchev–Trinajstić information content (AvgIpc) is 2.53. The Kier molecular flexibility index (Phi) is 6.15. The summed E-state index contributed by atoms with van der Waals surface area (Å²) in [6, 6.07) is 3.24. The highest BCUT2D eigenvalue weighted by atomic mass is 35.5. The standard InChI is InChI=1S/C15H21ClN4O2/c1-2-4-18-14(21)11-19-6-8-20(9-7-19)15(22)12-3-5-17-13(16)10-12/h3,5,10H,2,4,6-9,11H2,1H3,(H,18,21). The van der Waals surface area contributed by atoms with Gasteiger partial charge >= 0.3 is 0 Å². The van der Waals surface area contributed by atoms with Gasteiger partial charge in [0.2, 0.25) is 5.91 Å². The third kappa shape index (κ3) is 4.68. The summed E-state index contributed by atoms with van der Waals surface area (Å²) >= 11 is 5.82. The zero-order valence-electron chi connectivity index (χ0n) is 12.7. The number of aromatic nitrogens is 1. The number of carbonyl (C=O) groups is 2. The van der Waals surface area contributed by atoms with Gasteiger partial charge in [-0.2, -0.15) is 0 Å². The van der Waals surface area contributed by atoms with Crippen LogP contribution in [0.1, 0.15) is 23.7 Å². The van der Waals surface area contributed by atoms with E-state index < -0.39 is 0 Å². The van der Waals surface area contributed by atoms with Gasteiger partial charge in [-0.1, -0.05) is 18.5 Å². The Morgan fingerprint density at radius 2 is 2.05 bits per heavy atom. The van der Waals surface area contributed by atoms with Crippen LogP contribution in [-0.2, 0) is 4.79 Å². The first-order chi connectivity index (χ1) is 10.6. The molecule has 1 aromatic rings. The zero-order valence-corrected chi connectivity index (χ0v) is 13.5. The largest absolute Gasteiger partial charge is 0.355 e. The van der Waals surface area contributed by atoms with Crippen molar-refractivity contribution in [3.8, 4) is 0 Å². The molecule has 1 saturated heterocycles. The van der Waals surface area contributed by atoms with Crippen molar-refractivity contribution in [3.05, 3.63) is 29.0 Å². The molecule has 22 heavy (non-hydrogen) atoms. The highest BCUT2D eigenvalue weighted by molar-refractivity contribution is 6.29. The van der Waals surface area contributed by atoms with Gasteiger partial charge in [-0.3, -0.25) is 14.5 Å². The maximum atomic E-state index is 12.4. The lowest BCUT2D eigenvalue weighted by molar-refractivity contribution is -0.122. The Bertz CT molecular complexity index is 530. The molecule has 0 unspecified atom stereocenters. The first kappa shape index (κ1) is 16.7. The maximum Gasteiger partial charge on any atom is 0.254 e. The van der Waals surface area contributed by atoms with E-state index in [0.717, 1.165) is 6.42 Å². The van der Waals surface area contributed by atoms with Gasteiger partial charge in [-0.15, -0.1) is 0 Å². The van der Waals surface area contributed by atoms with E-state index in [9.17, 15) is 9.59 Å². The Morgan fingerprint density at radius 3 is 2.68 bits per heavy atom. The van der Waals surface area contributed by atoms with Crippen molar-refractivity contribution in [2.24, 2.45) is 0 Å². The van der Waals surface area contributed by atoms with E-state index in [4.69, 9.17) is 11.6 Å². The summed E-state index contributed by atoms with van der Waals surface area (Å²) in [6.45, 7) is 5.74. The second-order valence-corrected chi connectivity index (χ2v) is 5.67. The number of nitrogens with zero attached hydrogens (tertiary/aromatic N) is 3. The molecule has 1 aromatic heterocycles. The molecule has 2 amide bonds. The van der Waals surface area contributed by atoms with Crippen molar-refractivity contribution in [1.29, 1.82) is 0 Å². The number of nitrogens with one attached hydrogen (secondary N) is 1. The second kappa shape index (κ2) is 8.10. The normalized spacial score (nSPS) is 15.6. The first-order valence-corrected chi connectivity index (χ1v) is 7.88. The van der Waals surface area contributed by atoms with Gasteiger partial charge in [0.1, 0.15) is 5.15 Å². The number of hydrogen-bond acceptors (Lipinski definition) is 4. The maximum absolute atomic E-state index is 12.4. The molecular weight excluding hydrogens is 304 g/mol. The number of piperazine rings is 1. The van der Waals surface area contributed by atoms with Crippen LogP contribution in [0.4, 0.5) is 0 Å². The molecule has 0 spiro atoms. The van der Waals surface area contributed by atoms with E-state index in [2.05, 4.69) is 15.2 Å². The topological polar surface area (TPSA) is 65.5 Å². The molecule has 1 fully saturated rings. The highest BCUT2D eigenvalue weighted by Crippen LogP contribution is 2.12. The van der Waals surface area contributed by atoms with Crippen LogP contribution >= 0.6 is 11.6 Å². The molecule has 0 aromatic carbocycles. The van der Waals surface area contributed by atoms with Gasteiger partial charge < -0.3 is 10.2 Å². The van der Waals surface area contributed by atoms with Crippen LogP contribution in [0.5, 0.6) is 0 Å². The molecule has 0 bridgehead atoms. The number of hydrogen-bond donors (Lipinski definition) is 1. The second-order valence-electron chi connectivity index (χ2n) is 5.29. The fraction of sp³-hybridized carbons (Fsp3) is 0.533. The SMILES string of the molecule is CCCNC(=O)CN1CCN(C(=O)c2ccnc(Cl)c2)CC1. The number of rotatable bonds is 5. The minimum atomic E-state index is -0.0422. The van der Waals surface area contributed by atoms with Crippen LogP contribution in [-0.4, -0.2) is 65.9 Å². The van der Waals surface area contributed by atoms with Crippen LogP contribution in [0.3, 0.4) is 0 Å². The van der Waals surface area contributed by atoms with Crippen molar-refractivity contribution in [2.75, 3.05) is 39.3 Å². The van der Waals surface area contributed by atoms with Gasteiger partial charge in [0.25, 0.3) is 5.91 Å². The van der Waals surface area contributed by atoms with Gasteiger partial charge in [-0.05, 0) is 18.6 Å². The fourth-order valence-electron chi connectivity index (χ4n) is 2.35. The Balaban J connectivity index is 1.82. The summed E-state index contributed by atoms with van der Waals surface area (Å²) in [6.07, 6.45) is 2.46. The molecule has 0 radical (unpaired) electrons. The zero-order chi connectivity index (χ0) is 15.9. The minimum absolute atomic E-state index is 0.0422. The lowest BCUT2D eigenvalue weighted by Crippen LogP contribution is -2.51. The first-order valence-electron chi connectivity index (χ1n) is 7.50. The van der Waals surface area contributed by atoms with Gasteiger partial charge in [0, 0.05) is 44.5 Å². The third-order valence-electron chi connectivity index (χ3n) is 3.57. The van der Waals surface area contributed by atoms with E-state index >= 15 is 0 Å². The molecule has 7 heteroatoms. The molecule has 0 atom stereocenters. The Labute approximate surface area is 135 Å². The van der Waals surface area contributed by atoms with Crippen LogP contribution in [0.2, 0.25) is 5.15 Å².